The second-order valence-corrected chi connectivity index (χ2v) is 6.40. The molecule has 0 saturated carbocycles. The molecule has 0 radical (unpaired) electrons. The van der Waals surface area contributed by atoms with Gasteiger partial charge in [-0.15, -0.1) is 0 Å². The Labute approximate surface area is 128 Å². The number of nitrogens with zero attached hydrogens (tertiary/aromatic N) is 5. The lowest BCUT2D eigenvalue weighted by atomic mass is 9.99. The van der Waals surface area contributed by atoms with E-state index in [1.165, 1.54) is 32.4 Å². The molecule has 1 aromatic heterocycles. The van der Waals surface area contributed by atoms with Crippen LogP contribution in [0.2, 0.25) is 0 Å². The lowest BCUT2D eigenvalue weighted by Gasteiger charge is -2.44. The number of hydrogen-bond donors (Lipinski definition) is 0. The first-order valence-corrected chi connectivity index (χ1v) is 8.21. The van der Waals surface area contributed by atoms with Crippen molar-refractivity contribution in [2.75, 3.05) is 50.1 Å². The quantitative estimate of drug-likeness (QED) is 0.847. The first-order valence-electron chi connectivity index (χ1n) is 8.21. The summed E-state index contributed by atoms with van der Waals surface area (Å²) in [6.45, 7) is 6.82. The van der Waals surface area contributed by atoms with Gasteiger partial charge in [0.05, 0.1) is 0 Å². The average molecular weight is 289 g/mol. The molecule has 5 nitrogen and oxygen atoms in total. The minimum absolute atomic E-state index is 0.718. The molecule has 0 unspecified atom stereocenters. The van der Waals surface area contributed by atoms with Crippen LogP contribution in [0, 0.1) is 0 Å². The van der Waals surface area contributed by atoms with Gasteiger partial charge in [0.2, 0.25) is 5.95 Å². The summed E-state index contributed by atoms with van der Waals surface area (Å²) < 4.78 is 0. The van der Waals surface area contributed by atoms with Gasteiger partial charge in [-0.25, -0.2) is 4.98 Å². The smallest absolute Gasteiger partial charge is 0.227 e. The molecule has 1 aromatic rings. The molecule has 5 heteroatoms. The van der Waals surface area contributed by atoms with Crippen molar-refractivity contribution in [3.8, 4) is 0 Å². The van der Waals surface area contributed by atoms with Crippen LogP contribution in [0.5, 0.6) is 0 Å². The molecule has 21 heavy (non-hydrogen) atoms. The number of rotatable bonds is 3. The summed E-state index contributed by atoms with van der Waals surface area (Å²) in [7, 11) is 4.02. The van der Waals surface area contributed by atoms with E-state index in [1.807, 2.05) is 19.0 Å². The van der Waals surface area contributed by atoms with Crippen molar-refractivity contribution in [1.82, 2.24) is 14.9 Å². The Morgan fingerprint density at radius 2 is 2.05 bits per heavy atom. The number of piperazine rings is 1. The van der Waals surface area contributed by atoms with Crippen LogP contribution in [0.3, 0.4) is 0 Å². The van der Waals surface area contributed by atoms with Crippen LogP contribution in [0.25, 0.3) is 0 Å². The molecule has 2 aliphatic heterocycles. The molecule has 0 bridgehead atoms. The summed E-state index contributed by atoms with van der Waals surface area (Å²) in [6, 6.07) is 2.89. The molecule has 0 spiro atoms. The molecular formula is C16H27N5. The van der Waals surface area contributed by atoms with Crippen LogP contribution >= 0.6 is 0 Å². The third-order valence-corrected chi connectivity index (χ3v) is 4.68. The van der Waals surface area contributed by atoms with E-state index >= 15 is 0 Å². The Hall–Kier alpha value is -1.36. The Kier molecular flexibility index (Phi) is 4.29. The van der Waals surface area contributed by atoms with Crippen molar-refractivity contribution >= 4 is 11.8 Å². The Morgan fingerprint density at radius 1 is 1.19 bits per heavy atom. The highest BCUT2D eigenvalue weighted by Crippen LogP contribution is 2.25. The number of fused-ring (bicyclic) bond motifs is 1. The van der Waals surface area contributed by atoms with Crippen molar-refractivity contribution in [3.63, 3.8) is 0 Å². The van der Waals surface area contributed by atoms with Crippen LogP contribution in [0.1, 0.15) is 31.9 Å². The highest BCUT2D eigenvalue weighted by atomic mass is 15.3. The fraction of sp³-hybridized carbons (Fsp3) is 0.750. The molecule has 116 valence electrons. The molecule has 2 fully saturated rings. The minimum atomic E-state index is 0.718. The number of piperidine rings is 1. The SMILES string of the molecule is CCc1cc(N2CCN3CCCC[C@@H]3C2)nc(N(C)C)n1. The summed E-state index contributed by atoms with van der Waals surface area (Å²) in [4.78, 5) is 16.5. The highest BCUT2D eigenvalue weighted by molar-refractivity contribution is 5.46. The first-order chi connectivity index (χ1) is 10.2. The fourth-order valence-electron chi connectivity index (χ4n) is 3.38. The van der Waals surface area contributed by atoms with E-state index in [-0.39, 0.29) is 0 Å². The third kappa shape index (κ3) is 3.12. The van der Waals surface area contributed by atoms with E-state index in [9.17, 15) is 0 Å². The van der Waals surface area contributed by atoms with E-state index in [1.54, 1.807) is 0 Å². The molecule has 2 saturated heterocycles. The van der Waals surface area contributed by atoms with Crippen LogP contribution in [0.15, 0.2) is 6.07 Å². The van der Waals surface area contributed by atoms with Gasteiger partial charge in [0.1, 0.15) is 5.82 Å². The molecule has 0 N–H and O–H groups in total. The number of aromatic nitrogens is 2. The number of anilines is 2. The zero-order valence-corrected chi connectivity index (χ0v) is 13.5. The Balaban J connectivity index is 1.81. The maximum Gasteiger partial charge on any atom is 0.227 e. The van der Waals surface area contributed by atoms with E-state index in [0.717, 1.165) is 43.0 Å². The third-order valence-electron chi connectivity index (χ3n) is 4.68. The van der Waals surface area contributed by atoms with Crippen molar-refractivity contribution in [2.24, 2.45) is 0 Å². The van der Waals surface area contributed by atoms with E-state index in [2.05, 4.69) is 27.8 Å². The van der Waals surface area contributed by atoms with Gasteiger partial charge in [-0.2, -0.15) is 4.98 Å². The average Bonchev–Trinajstić information content (AvgIpc) is 2.53. The summed E-state index contributed by atoms with van der Waals surface area (Å²) in [5.41, 5.74) is 1.13. The maximum atomic E-state index is 4.76. The van der Waals surface area contributed by atoms with Crippen molar-refractivity contribution in [2.45, 2.75) is 38.6 Å². The van der Waals surface area contributed by atoms with Crippen molar-refractivity contribution in [3.05, 3.63) is 11.8 Å². The lowest BCUT2D eigenvalue weighted by Crippen LogP contribution is -2.55. The molecular weight excluding hydrogens is 262 g/mol. The van der Waals surface area contributed by atoms with Gasteiger partial charge in [0.25, 0.3) is 0 Å². The fourth-order valence-corrected chi connectivity index (χ4v) is 3.38. The molecule has 0 amide bonds. The molecule has 3 rings (SSSR count). The molecule has 3 heterocycles. The van der Waals surface area contributed by atoms with Crippen LogP contribution in [-0.2, 0) is 6.42 Å². The second-order valence-electron chi connectivity index (χ2n) is 6.40. The summed E-state index contributed by atoms with van der Waals surface area (Å²) in [5.74, 6) is 1.94. The Morgan fingerprint density at radius 3 is 2.81 bits per heavy atom. The Bertz CT molecular complexity index is 488. The predicted octanol–water partition coefficient (Wildman–Crippen LogP) is 1.78. The van der Waals surface area contributed by atoms with Gasteiger partial charge in [-0.3, -0.25) is 4.90 Å². The topological polar surface area (TPSA) is 35.5 Å². The van der Waals surface area contributed by atoms with Crippen molar-refractivity contribution in [1.29, 1.82) is 0 Å². The van der Waals surface area contributed by atoms with Gasteiger partial charge in [-0.05, 0) is 25.8 Å². The molecule has 0 aliphatic carbocycles. The predicted molar refractivity (Wildman–Crippen MR) is 87.2 cm³/mol. The zero-order chi connectivity index (χ0) is 14.8. The number of hydrogen-bond acceptors (Lipinski definition) is 5. The number of aryl methyl sites for hydroxylation is 1. The standard InChI is InChI=1S/C16H27N5/c1-4-13-11-15(18-16(17-13)19(2)3)21-10-9-20-8-6-5-7-14(20)12-21/h11,14H,4-10,12H2,1-3H3/t14-/m1/s1. The van der Waals surface area contributed by atoms with Gasteiger partial charge >= 0.3 is 0 Å². The van der Waals surface area contributed by atoms with Crippen LogP contribution in [0.4, 0.5) is 11.8 Å². The summed E-state index contributed by atoms with van der Waals surface area (Å²) in [5, 5.41) is 0. The first kappa shape index (κ1) is 14.6. The van der Waals surface area contributed by atoms with E-state index < -0.39 is 0 Å². The van der Waals surface area contributed by atoms with E-state index in [0.29, 0.717) is 0 Å². The highest BCUT2D eigenvalue weighted by Gasteiger charge is 2.29. The summed E-state index contributed by atoms with van der Waals surface area (Å²) in [6.07, 6.45) is 5.04. The second kappa shape index (κ2) is 6.18. The van der Waals surface area contributed by atoms with Crippen LogP contribution in [-0.4, -0.2) is 61.2 Å². The van der Waals surface area contributed by atoms with Gasteiger partial charge in [0.15, 0.2) is 0 Å². The van der Waals surface area contributed by atoms with Gasteiger partial charge in [-0.1, -0.05) is 13.3 Å². The van der Waals surface area contributed by atoms with E-state index in [4.69, 9.17) is 4.98 Å². The largest absolute Gasteiger partial charge is 0.354 e. The maximum absolute atomic E-state index is 4.76. The molecule has 1 atom stereocenters. The van der Waals surface area contributed by atoms with Gasteiger partial charge < -0.3 is 9.80 Å². The molecule has 2 aliphatic rings. The lowest BCUT2D eigenvalue weighted by molar-refractivity contribution is 0.133. The monoisotopic (exact) mass is 289 g/mol. The zero-order valence-electron chi connectivity index (χ0n) is 13.5. The van der Waals surface area contributed by atoms with Gasteiger partial charge in [0, 0.05) is 51.5 Å². The summed E-state index contributed by atoms with van der Waals surface area (Å²) >= 11 is 0. The molecule has 0 aromatic carbocycles. The van der Waals surface area contributed by atoms with Crippen LogP contribution < -0.4 is 9.80 Å². The minimum Gasteiger partial charge on any atom is -0.354 e. The van der Waals surface area contributed by atoms with Crippen molar-refractivity contribution < 1.29 is 0 Å². The normalized spacial score (nSPS) is 23.0.